The SMILES string of the molecule is COC(=O)c1c(C)c2c3c(Cl)ccc2n1CCCOc1cc(cc2ccccc12)SCc1cc(nn1C)CN(C)Cc1nn(C)c(C)c1-3.Cc1c(C(=O)O)n2c3ccc(Cl)c(c13)-c1c(nn(C)c1C)CN(C)Cc1cc(n(C)n1)CSc1cc(c3ccccc3c1)OCCC2. The predicted molar refractivity (Wildman–Crippen MR) is 380 cm³/mol. The number of esters is 1. The fourth-order valence-corrected chi connectivity index (χ4v) is 16.3. The molecular weight excluding hydrogens is 1280 g/mol. The number of aromatic carboxylic acids is 1. The van der Waals surface area contributed by atoms with Crippen molar-refractivity contribution in [3.05, 3.63) is 187 Å². The van der Waals surface area contributed by atoms with Gasteiger partial charge in [0, 0.05) is 176 Å². The number of carbonyl (C=O) groups is 2. The van der Waals surface area contributed by atoms with Crippen LogP contribution in [0.1, 0.15) is 90.5 Å². The van der Waals surface area contributed by atoms with Gasteiger partial charge < -0.3 is 28.5 Å². The lowest BCUT2D eigenvalue weighted by Gasteiger charge is -2.16. The summed E-state index contributed by atoms with van der Waals surface area (Å²) in [5.74, 6) is 1.87. The lowest BCUT2D eigenvalue weighted by atomic mass is 9.96. The standard InChI is InChI=1S/C37H39ClN6O3S.C36H37ClN6O3S/c1-22-33-31-13-12-29(38)35(33)34-23(2)42(4)40-30(34)20-41(3)19-25-17-26(43(5)39-25)21-48-27-16-24-10-7-8-11-28(24)32(18-27)47-15-9-14-44(31)36(22)37(45)46-6;1-21-32-30-12-11-28(37)34(32)33-22(2)41(4)39-29(33)19-40(3)18-24-16-25(42(5)38-24)20-47-26-15-23-9-6-7-10-27(23)31(17-26)46-14-8-13-43(30)35(21)36(44)45/h7-8,10-13,16-18H,9,14-15,19-21H2,1-6H3;6-7,9-12,15-17H,8,13-14,18-20H2,1-5H3,(H,44,45). The summed E-state index contributed by atoms with van der Waals surface area (Å²) in [6, 6.07) is 37.3. The number of benzene rings is 6. The van der Waals surface area contributed by atoms with Crippen molar-refractivity contribution in [1.82, 2.24) is 58.1 Å². The molecule has 18 nitrogen and oxygen atoms in total. The fourth-order valence-electron chi connectivity index (χ4n) is 13.8. The monoisotopic (exact) mass is 1350 g/mol. The minimum Gasteiger partial charge on any atom is -0.493 e. The fraction of sp³-hybridized carbons (Fsp3) is 0.315. The summed E-state index contributed by atoms with van der Waals surface area (Å²) in [7, 11) is 13.5. The maximum Gasteiger partial charge on any atom is 0.354 e. The third kappa shape index (κ3) is 12.6. The summed E-state index contributed by atoms with van der Waals surface area (Å²) in [5, 5.41) is 37.4. The quantitative estimate of drug-likeness (QED) is 0.162. The average molecular weight is 1350 g/mol. The molecule has 490 valence electrons. The highest BCUT2D eigenvalue weighted by Gasteiger charge is 2.31. The second kappa shape index (κ2) is 27.0. The molecule has 2 aliphatic heterocycles. The summed E-state index contributed by atoms with van der Waals surface area (Å²) in [6.45, 7) is 12.3. The van der Waals surface area contributed by atoms with Gasteiger partial charge in [0.15, 0.2) is 0 Å². The highest BCUT2D eigenvalue weighted by Crippen LogP contribution is 2.46. The van der Waals surface area contributed by atoms with Gasteiger partial charge in [0.05, 0.1) is 43.1 Å². The third-order valence-corrected chi connectivity index (χ3v) is 21.1. The largest absolute Gasteiger partial charge is 0.493 e. The highest BCUT2D eigenvalue weighted by molar-refractivity contribution is 7.98. The molecule has 0 saturated carbocycles. The van der Waals surface area contributed by atoms with Crippen LogP contribution in [0.5, 0.6) is 11.5 Å². The van der Waals surface area contributed by atoms with Gasteiger partial charge in [-0.15, -0.1) is 23.5 Å². The Bertz CT molecular complexity index is 5000. The molecule has 0 amide bonds. The zero-order chi connectivity index (χ0) is 66.7. The number of thioether (sulfide) groups is 2. The summed E-state index contributed by atoms with van der Waals surface area (Å²) >= 11 is 17.6. The van der Waals surface area contributed by atoms with Gasteiger partial charge in [-0.2, -0.15) is 20.4 Å². The Morgan fingerprint density at radius 2 is 0.958 bits per heavy atom. The number of carboxylic acid groups (broad SMARTS) is 1. The molecule has 0 spiro atoms. The summed E-state index contributed by atoms with van der Waals surface area (Å²) in [4.78, 5) is 32.8. The average Bonchev–Trinajstić information content (AvgIpc) is 1.59. The van der Waals surface area contributed by atoms with Crippen molar-refractivity contribution in [2.75, 3.05) is 34.4 Å². The molecule has 16 bridgehead atoms. The molecule has 12 aromatic rings. The predicted octanol–water partition coefficient (Wildman–Crippen LogP) is 15.3. The zero-order valence-electron chi connectivity index (χ0n) is 55.3. The molecule has 95 heavy (non-hydrogen) atoms. The van der Waals surface area contributed by atoms with Crippen molar-refractivity contribution in [3.8, 4) is 33.8 Å². The molecule has 6 aromatic carbocycles. The number of nitrogens with zero attached hydrogens (tertiary/aromatic N) is 12. The first-order chi connectivity index (χ1) is 45.7. The van der Waals surface area contributed by atoms with Crippen molar-refractivity contribution in [1.29, 1.82) is 0 Å². The van der Waals surface area contributed by atoms with E-state index >= 15 is 0 Å². The van der Waals surface area contributed by atoms with Crippen molar-refractivity contribution >= 4 is 102 Å². The molecule has 6 aromatic heterocycles. The lowest BCUT2D eigenvalue weighted by Crippen LogP contribution is -2.18. The number of aromatic nitrogens is 10. The molecule has 14 rings (SSSR count). The maximum absolute atomic E-state index is 13.4. The second-order valence-electron chi connectivity index (χ2n) is 24.9. The Kier molecular flexibility index (Phi) is 18.5. The lowest BCUT2D eigenvalue weighted by molar-refractivity contribution is 0.0586. The van der Waals surface area contributed by atoms with Crippen LogP contribution in [0.3, 0.4) is 0 Å². The first-order valence-corrected chi connectivity index (χ1v) is 34.4. The van der Waals surface area contributed by atoms with E-state index in [1.807, 2.05) is 115 Å². The van der Waals surface area contributed by atoms with Crippen molar-refractivity contribution in [2.24, 2.45) is 28.2 Å². The third-order valence-electron chi connectivity index (χ3n) is 18.4. The van der Waals surface area contributed by atoms with E-state index in [0.717, 1.165) is 150 Å². The number of carbonyl (C=O) groups excluding carboxylic acids is 1. The van der Waals surface area contributed by atoms with Crippen LogP contribution in [0, 0.1) is 27.7 Å². The minimum atomic E-state index is -0.968. The number of methoxy groups -OCH3 is 1. The zero-order valence-corrected chi connectivity index (χ0v) is 58.4. The van der Waals surface area contributed by atoms with Gasteiger partial charge in [-0.1, -0.05) is 71.7 Å². The number of hydrogen-bond donors (Lipinski definition) is 1. The Morgan fingerprint density at radius 3 is 1.40 bits per heavy atom. The number of rotatable bonds is 2. The van der Waals surface area contributed by atoms with Crippen LogP contribution < -0.4 is 9.47 Å². The molecule has 0 aliphatic carbocycles. The van der Waals surface area contributed by atoms with Crippen LogP contribution in [0.2, 0.25) is 10.0 Å². The normalized spacial score (nSPS) is 14.6. The number of hydrogen-bond acceptors (Lipinski definition) is 13. The van der Waals surface area contributed by atoms with E-state index in [4.69, 9.17) is 57.8 Å². The van der Waals surface area contributed by atoms with E-state index in [9.17, 15) is 14.7 Å². The Labute approximate surface area is 570 Å². The van der Waals surface area contributed by atoms with E-state index in [1.165, 1.54) is 7.11 Å². The van der Waals surface area contributed by atoms with E-state index in [2.05, 4.69) is 102 Å². The van der Waals surface area contributed by atoms with Gasteiger partial charge in [0.2, 0.25) is 0 Å². The van der Waals surface area contributed by atoms with Gasteiger partial charge in [-0.05, 0) is 137 Å². The number of aryl methyl sites for hydroxylation is 8. The van der Waals surface area contributed by atoms with Crippen molar-refractivity contribution in [2.45, 2.75) is 101 Å². The summed E-state index contributed by atoms with van der Waals surface area (Å²) < 4.78 is 29.9. The Hall–Kier alpha value is -8.50. The number of fused-ring (bicyclic) bond motifs is 16. The minimum absolute atomic E-state index is 0.265. The molecule has 0 fully saturated rings. The maximum atomic E-state index is 13.4. The van der Waals surface area contributed by atoms with Crippen LogP contribution in [-0.2, 0) is 83.7 Å². The van der Waals surface area contributed by atoms with Crippen LogP contribution in [0.15, 0.2) is 119 Å². The van der Waals surface area contributed by atoms with E-state index < -0.39 is 5.97 Å². The molecule has 1 N–H and O–H groups in total. The molecule has 0 unspecified atom stereocenters. The molecule has 2 aliphatic rings. The molecular formula is C73H76Cl2N12O6S2. The number of ether oxygens (including phenoxy) is 3. The van der Waals surface area contributed by atoms with Gasteiger partial charge in [-0.25, -0.2) is 9.59 Å². The Balaban J connectivity index is 0.000000172. The van der Waals surface area contributed by atoms with E-state index in [1.54, 1.807) is 23.5 Å². The van der Waals surface area contributed by atoms with Gasteiger partial charge in [0.1, 0.15) is 22.9 Å². The molecule has 8 heterocycles. The molecule has 0 radical (unpaired) electrons. The van der Waals surface area contributed by atoms with Crippen LogP contribution in [0.25, 0.3) is 65.6 Å². The van der Waals surface area contributed by atoms with Crippen molar-refractivity contribution in [3.63, 3.8) is 0 Å². The molecule has 22 heteroatoms. The van der Waals surface area contributed by atoms with Gasteiger partial charge in [0.25, 0.3) is 0 Å². The van der Waals surface area contributed by atoms with Crippen molar-refractivity contribution < 1.29 is 28.9 Å². The van der Waals surface area contributed by atoms with Crippen LogP contribution in [-0.4, -0.2) is 110 Å². The summed E-state index contributed by atoms with van der Waals surface area (Å²) in [6.07, 6.45) is 1.30. The first-order valence-electron chi connectivity index (χ1n) is 31.7. The summed E-state index contributed by atoms with van der Waals surface area (Å²) in [5.41, 5.74) is 15.7. The second-order valence-corrected chi connectivity index (χ2v) is 27.8. The first kappa shape index (κ1) is 65.2. The van der Waals surface area contributed by atoms with E-state index in [0.29, 0.717) is 86.6 Å². The number of carboxylic acids is 1. The van der Waals surface area contributed by atoms with Crippen LogP contribution in [0.4, 0.5) is 0 Å². The van der Waals surface area contributed by atoms with Crippen LogP contribution >= 0.6 is 46.7 Å². The van der Waals surface area contributed by atoms with E-state index in [-0.39, 0.29) is 11.7 Å². The van der Waals surface area contributed by atoms with Gasteiger partial charge >= 0.3 is 11.9 Å². The topological polar surface area (TPSA) is 170 Å². The highest BCUT2D eigenvalue weighted by atomic mass is 35.5. The van der Waals surface area contributed by atoms with Gasteiger partial charge in [-0.3, -0.25) is 28.5 Å². The number of halogens is 2. The molecule has 0 saturated heterocycles. The Morgan fingerprint density at radius 1 is 0.526 bits per heavy atom. The smallest absolute Gasteiger partial charge is 0.354 e. The molecule has 0 atom stereocenters.